The van der Waals surface area contributed by atoms with Crippen LogP contribution in [0.1, 0.15) is 39.0 Å². The van der Waals surface area contributed by atoms with Crippen LogP contribution < -0.4 is 0 Å². The van der Waals surface area contributed by atoms with Crippen LogP contribution in [-0.2, 0) is 14.3 Å². The molecule has 2 fully saturated rings. The number of hydrogen-bond donors (Lipinski definition) is 0. The Morgan fingerprint density at radius 1 is 1.59 bits per heavy atom. The Kier molecular flexibility index (Phi) is 3.19. The summed E-state index contributed by atoms with van der Waals surface area (Å²) in [7, 11) is 0. The number of rotatable bonds is 2. The van der Waals surface area contributed by atoms with Crippen LogP contribution in [0, 0.1) is 28.6 Å². The number of fused-ring (bicyclic) bond motifs is 1. The van der Waals surface area contributed by atoms with Crippen LogP contribution in [0.3, 0.4) is 0 Å². The molecule has 0 amide bonds. The van der Waals surface area contributed by atoms with Crippen molar-refractivity contribution in [2.75, 3.05) is 6.61 Å². The summed E-state index contributed by atoms with van der Waals surface area (Å²) in [6, 6.07) is 2.20. The van der Waals surface area contributed by atoms with Gasteiger partial charge in [-0.05, 0) is 32.1 Å². The van der Waals surface area contributed by atoms with E-state index in [1.165, 1.54) is 0 Å². The van der Waals surface area contributed by atoms with Crippen LogP contribution >= 0.6 is 0 Å². The predicted molar refractivity (Wildman–Crippen MR) is 59.8 cm³/mol. The van der Waals surface area contributed by atoms with Crippen molar-refractivity contribution in [1.82, 2.24) is 0 Å². The molecule has 0 aliphatic heterocycles. The molecule has 0 aromatic heterocycles. The van der Waals surface area contributed by atoms with E-state index in [-0.39, 0.29) is 23.6 Å². The Hall–Kier alpha value is -1.37. The molecule has 0 bridgehead atoms. The lowest BCUT2D eigenvalue weighted by atomic mass is 9.64. The van der Waals surface area contributed by atoms with Crippen molar-refractivity contribution < 1.29 is 14.3 Å². The molecule has 2 rings (SSSR count). The van der Waals surface area contributed by atoms with Gasteiger partial charge in [0.2, 0.25) is 0 Å². The quantitative estimate of drug-likeness (QED) is 0.685. The van der Waals surface area contributed by atoms with Gasteiger partial charge in [0.15, 0.2) is 5.78 Å². The lowest BCUT2D eigenvalue weighted by Crippen LogP contribution is -2.42. The number of nitriles is 1. The molecule has 17 heavy (non-hydrogen) atoms. The largest absolute Gasteiger partial charge is 0.466 e. The van der Waals surface area contributed by atoms with Crippen LogP contribution in [0.15, 0.2) is 0 Å². The van der Waals surface area contributed by atoms with Gasteiger partial charge in [0.25, 0.3) is 0 Å². The molecule has 2 saturated carbocycles. The number of esters is 1. The van der Waals surface area contributed by atoms with Crippen molar-refractivity contribution in [3.8, 4) is 6.07 Å². The summed E-state index contributed by atoms with van der Waals surface area (Å²) in [4.78, 5) is 23.8. The Labute approximate surface area is 101 Å². The summed E-state index contributed by atoms with van der Waals surface area (Å²) in [5.41, 5.74) is -0.893. The molecule has 0 radical (unpaired) electrons. The fourth-order valence-corrected chi connectivity index (χ4v) is 3.37. The van der Waals surface area contributed by atoms with E-state index in [1.54, 1.807) is 6.92 Å². The maximum atomic E-state index is 11.9. The average Bonchev–Trinajstić information content (AvgIpc) is 2.68. The zero-order valence-corrected chi connectivity index (χ0v) is 10.1. The normalized spacial score (nSPS) is 36.1. The first-order valence-corrected chi connectivity index (χ1v) is 6.27. The van der Waals surface area contributed by atoms with E-state index < -0.39 is 5.41 Å². The van der Waals surface area contributed by atoms with Crippen molar-refractivity contribution in [2.24, 2.45) is 17.3 Å². The van der Waals surface area contributed by atoms with E-state index in [0.29, 0.717) is 25.9 Å². The Morgan fingerprint density at radius 3 is 3.00 bits per heavy atom. The molecule has 2 aliphatic rings. The first kappa shape index (κ1) is 12.1. The van der Waals surface area contributed by atoms with Crippen molar-refractivity contribution in [3.05, 3.63) is 0 Å². The number of nitrogens with zero attached hydrogens (tertiary/aromatic N) is 1. The lowest BCUT2D eigenvalue weighted by molar-refractivity contribution is -0.153. The summed E-state index contributed by atoms with van der Waals surface area (Å²) in [6.07, 6.45) is 3.23. The van der Waals surface area contributed by atoms with Crippen molar-refractivity contribution in [3.63, 3.8) is 0 Å². The highest BCUT2D eigenvalue weighted by Crippen LogP contribution is 2.52. The summed E-state index contributed by atoms with van der Waals surface area (Å²) in [5, 5.41) is 9.33. The van der Waals surface area contributed by atoms with Gasteiger partial charge in [0.1, 0.15) is 5.41 Å². The third kappa shape index (κ3) is 1.74. The highest BCUT2D eigenvalue weighted by atomic mass is 16.5. The molecule has 0 aromatic carbocycles. The van der Waals surface area contributed by atoms with Crippen molar-refractivity contribution >= 4 is 11.8 Å². The summed E-state index contributed by atoms with van der Waals surface area (Å²) < 4.78 is 5.05. The van der Waals surface area contributed by atoms with E-state index in [9.17, 15) is 14.9 Å². The monoisotopic (exact) mass is 235 g/mol. The van der Waals surface area contributed by atoms with Crippen LogP contribution in [0.2, 0.25) is 0 Å². The third-order valence-corrected chi connectivity index (χ3v) is 4.17. The topological polar surface area (TPSA) is 67.2 Å². The van der Waals surface area contributed by atoms with Gasteiger partial charge in [0.05, 0.1) is 18.6 Å². The fourth-order valence-electron chi connectivity index (χ4n) is 3.37. The van der Waals surface area contributed by atoms with Gasteiger partial charge in [-0.2, -0.15) is 5.26 Å². The Morgan fingerprint density at radius 2 is 2.35 bits per heavy atom. The summed E-state index contributed by atoms with van der Waals surface area (Å²) in [6.45, 7) is 2.13. The minimum atomic E-state index is -0.893. The van der Waals surface area contributed by atoms with Gasteiger partial charge in [-0.3, -0.25) is 9.59 Å². The lowest BCUT2D eigenvalue weighted by Gasteiger charge is -2.36. The molecular formula is C13H17NO3. The molecule has 0 spiro atoms. The standard InChI is InChI=1S/C13H17NO3/c1-2-17-12(16)9-4-3-7-13(8-14)10(9)5-6-11(13)15/h9-10H,2-7H2,1H3/t9-,10+,13+/m0/s1. The van der Waals surface area contributed by atoms with Gasteiger partial charge in [-0.15, -0.1) is 0 Å². The van der Waals surface area contributed by atoms with Gasteiger partial charge in [-0.25, -0.2) is 0 Å². The van der Waals surface area contributed by atoms with Gasteiger partial charge in [0, 0.05) is 6.42 Å². The summed E-state index contributed by atoms with van der Waals surface area (Å²) in [5.74, 6) is -0.576. The molecular weight excluding hydrogens is 218 g/mol. The second-order valence-corrected chi connectivity index (χ2v) is 4.90. The van der Waals surface area contributed by atoms with E-state index in [4.69, 9.17) is 4.74 Å². The highest BCUT2D eigenvalue weighted by molar-refractivity contribution is 5.91. The van der Waals surface area contributed by atoms with Gasteiger partial charge in [-0.1, -0.05) is 6.42 Å². The number of hydrogen-bond acceptors (Lipinski definition) is 4. The van der Waals surface area contributed by atoms with Crippen LogP contribution in [0.25, 0.3) is 0 Å². The van der Waals surface area contributed by atoms with E-state index >= 15 is 0 Å². The minimum Gasteiger partial charge on any atom is -0.466 e. The van der Waals surface area contributed by atoms with Gasteiger partial charge >= 0.3 is 5.97 Å². The molecule has 0 N–H and O–H groups in total. The van der Waals surface area contributed by atoms with Crippen LogP contribution in [0.5, 0.6) is 0 Å². The first-order valence-electron chi connectivity index (χ1n) is 6.27. The first-order chi connectivity index (χ1) is 8.15. The van der Waals surface area contributed by atoms with Crippen molar-refractivity contribution in [1.29, 1.82) is 5.26 Å². The maximum Gasteiger partial charge on any atom is 0.309 e. The number of Topliss-reactive ketones (excluding diaryl/α,β-unsaturated/α-hetero) is 1. The minimum absolute atomic E-state index is 0.0269. The fraction of sp³-hybridized carbons (Fsp3) is 0.769. The molecule has 4 heteroatoms. The number of carbonyl (C=O) groups is 2. The number of carbonyl (C=O) groups excluding carboxylic acids is 2. The number of ether oxygens (including phenoxy) is 1. The van der Waals surface area contributed by atoms with E-state index in [2.05, 4.69) is 6.07 Å². The second-order valence-electron chi connectivity index (χ2n) is 4.90. The maximum absolute atomic E-state index is 11.9. The van der Waals surface area contributed by atoms with E-state index in [1.807, 2.05) is 0 Å². The molecule has 0 heterocycles. The predicted octanol–water partition coefficient (Wildman–Crippen LogP) is 1.84. The molecule has 92 valence electrons. The summed E-state index contributed by atoms with van der Waals surface area (Å²) >= 11 is 0. The van der Waals surface area contributed by atoms with Gasteiger partial charge < -0.3 is 4.74 Å². The molecule has 0 aromatic rings. The second kappa shape index (κ2) is 4.48. The highest BCUT2D eigenvalue weighted by Gasteiger charge is 2.56. The van der Waals surface area contributed by atoms with Crippen LogP contribution in [0.4, 0.5) is 0 Å². The SMILES string of the molecule is CCOC(=O)[C@H]1CCC[C@]2(C#N)C(=O)CC[C@H]12. The molecule has 3 atom stereocenters. The third-order valence-electron chi connectivity index (χ3n) is 4.17. The zero-order chi connectivity index (χ0) is 12.5. The molecule has 0 unspecified atom stereocenters. The molecule has 4 nitrogen and oxygen atoms in total. The van der Waals surface area contributed by atoms with E-state index in [0.717, 1.165) is 12.8 Å². The molecule has 2 aliphatic carbocycles. The average molecular weight is 235 g/mol. The Bertz CT molecular complexity index is 385. The smallest absolute Gasteiger partial charge is 0.309 e. The van der Waals surface area contributed by atoms with Crippen LogP contribution in [-0.4, -0.2) is 18.4 Å². The molecule has 0 saturated heterocycles. The Balaban J connectivity index is 2.25. The number of ketones is 1. The van der Waals surface area contributed by atoms with Crippen molar-refractivity contribution in [2.45, 2.75) is 39.0 Å². The zero-order valence-electron chi connectivity index (χ0n) is 10.1.